The van der Waals surface area contributed by atoms with E-state index in [1.807, 2.05) is 6.26 Å². The van der Waals surface area contributed by atoms with Crippen LogP contribution in [0.25, 0.3) is 0 Å². The van der Waals surface area contributed by atoms with Gasteiger partial charge in [0.25, 0.3) is 0 Å². The first kappa shape index (κ1) is 18.8. The maximum absolute atomic E-state index is 5.75. The van der Waals surface area contributed by atoms with Gasteiger partial charge in [-0.15, -0.1) is 0 Å². The van der Waals surface area contributed by atoms with Crippen LogP contribution in [-0.2, 0) is 9.47 Å². The normalized spacial score (nSPS) is 32.3. The Bertz CT molecular complexity index is 310. The smallest absolute Gasteiger partial charge is 0.0901 e. The quantitative estimate of drug-likeness (QED) is 0.385. The van der Waals surface area contributed by atoms with Gasteiger partial charge in [0.15, 0.2) is 0 Å². The molecule has 0 bridgehead atoms. The Balaban J connectivity index is 1.58. The van der Waals surface area contributed by atoms with Crippen molar-refractivity contribution in [3.8, 4) is 0 Å². The third-order valence-electron chi connectivity index (χ3n) is 5.91. The number of rotatable bonds is 9. The Kier molecular flexibility index (Phi) is 9.11. The number of hydrogen-bond donors (Lipinski definition) is 0. The summed E-state index contributed by atoms with van der Waals surface area (Å²) in [7, 11) is 0. The van der Waals surface area contributed by atoms with E-state index in [-0.39, 0.29) is 0 Å². The van der Waals surface area contributed by atoms with Crippen molar-refractivity contribution < 1.29 is 9.47 Å². The molecular weight excluding hydrogens is 284 g/mol. The highest BCUT2D eigenvalue weighted by molar-refractivity contribution is 4.82. The van der Waals surface area contributed by atoms with Crippen molar-refractivity contribution in [1.29, 1.82) is 0 Å². The van der Waals surface area contributed by atoms with Crippen LogP contribution < -0.4 is 0 Å². The minimum Gasteiger partial charge on any atom is -0.501 e. The van der Waals surface area contributed by atoms with E-state index in [2.05, 4.69) is 19.9 Å². The highest BCUT2D eigenvalue weighted by Gasteiger charge is 2.30. The molecule has 2 nitrogen and oxygen atoms in total. The lowest BCUT2D eigenvalue weighted by atomic mass is 9.69. The summed E-state index contributed by atoms with van der Waals surface area (Å²) in [5.41, 5.74) is 0. The molecule has 0 aromatic rings. The Morgan fingerprint density at radius 1 is 0.783 bits per heavy atom. The first-order valence-corrected chi connectivity index (χ1v) is 10.2. The largest absolute Gasteiger partial charge is 0.501 e. The van der Waals surface area contributed by atoms with E-state index < -0.39 is 0 Å². The summed E-state index contributed by atoms with van der Waals surface area (Å²) < 4.78 is 11.4. The standard InChI is InChI=1S/C21H38O2/c1-3-5-15-23-17-19-8-12-21(13-9-19)20-10-6-18(7-11-20)16-22-14-4-2/h5,15,18-21H,3-4,6-14,16-17H2,1-2H3/b15-5-/t18-,19?,20-,21?. The molecule has 134 valence electrons. The van der Waals surface area contributed by atoms with Gasteiger partial charge in [0.05, 0.1) is 12.9 Å². The van der Waals surface area contributed by atoms with Crippen LogP contribution in [0.15, 0.2) is 12.3 Å². The van der Waals surface area contributed by atoms with Gasteiger partial charge in [0.1, 0.15) is 0 Å². The molecule has 0 aliphatic heterocycles. The molecule has 0 saturated heterocycles. The lowest BCUT2D eigenvalue weighted by Gasteiger charge is -2.37. The maximum atomic E-state index is 5.75. The summed E-state index contributed by atoms with van der Waals surface area (Å²) in [4.78, 5) is 0. The molecule has 0 amide bonds. The minimum atomic E-state index is 0.798. The summed E-state index contributed by atoms with van der Waals surface area (Å²) in [6.45, 7) is 7.23. The molecule has 0 spiro atoms. The van der Waals surface area contributed by atoms with Crippen LogP contribution in [0.3, 0.4) is 0 Å². The van der Waals surface area contributed by atoms with Gasteiger partial charge in [0, 0.05) is 13.2 Å². The number of allylic oxidation sites excluding steroid dienone is 1. The van der Waals surface area contributed by atoms with Crippen molar-refractivity contribution >= 4 is 0 Å². The Labute approximate surface area is 144 Å². The van der Waals surface area contributed by atoms with Gasteiger partial charge >= 0.3 is 0 Å². The van der Waals surface area contributed by atoms with Crippen LogP contribution in [-0.4, -0.2) is 19.8 Å². The van der Waals surface area contributed by atoms with Crippen LogP contribution in [0.2, 0.25) is 0 Å². The monoisotopic (exact) mass is 322 g/mol. The van der Waals surface area contributed by atoms with E-state index >= 15 is 0 Å². The van der Waals surface area contributed by atoms with Gasteiger partial charge in [0.2, 0.25) is 0 Å². The van der Waals surface area contributed by atoms with Gasteiger partial charge in [-0.2, -0.15) is 0 Å². The molecule has 2 heteroatoms. The molecule has 0 aromatic carbocycles. The molecule has 0 N–H and O–H groups in total. The summed E-state index contributed by atoms with van der Waals surface area (Å²) in [5.74, 6) is 3.63. The molecule has 0 radical (unpaired) electrons. The van der Waals surface area contributed by atoms with Crippen LogP contribution in [0.4, 0.5) is 0 Å². The molecule has 0 unspecified atom stereocenters. The van der Waals surface area contributed by atoms with Crippen LogP contribution in [0.5, 0.6) is 0 Å². The second kappa shape index (κ2) is 11.1. The van der Waals surface area contributed by atoms with E-state index in [1.165, 1.54) is 51.4 Å². The first-order valence-electron chi connectivity index (χ1n) is 10.2. The third-order valence-corrected chi connectivity index (χ3v) is 5.91. The molecular formula is C21H38O2. The summed E-state index contributed by atoms with van der Waals surface area (Å²) in [6.07, 6.45) is 17.6. The minimum absolute atomic E-state index is 0.798. The van der Waals surface area contributed by atoms with Gasteiger partial charge in [-0.05, 0) is 87.9 Å². The van der Waals surface area contributed by atoms with Crippen molar-refractivity contribution in [2.45, 2.75) is 78.1 Å². The Morgan fingerprint density at radius 3 is 1.87 bits per heavy atom. The average Bonchev–Trinajstić information content (AvgIpc) is 2.60. The van der Waals surface area contributed by atoms with E-state index in [0.717, 1.165) is 56.3 Å². The summed E-state index contributed by atoms with van der Waals surface area (Å²) in [6, 6.07) is 0. The van der Waals surface area contributed by atoms with Crippen LogP contribution >= 0.6 is 0 Å². The fourth-order valence-electron chi connectivity index (χ4n) is 4.40. The lowest BCUT2D eigenvalue weighted by molar-refractivity contribution is 0.0615. The predicted octanol–water partition coefficient (Wildman–Crippen LogP) is 5.97. The second-order valence-corrected chi connectivity index (χ2v) is 7.75. The van der Waals surface area contributed by atoms with Crippen LogP contribution in [0.1, 0.15) is 78.1 Å². The SMILES string of the molecule is CC/C=C\OCC1CCC([C@H]2CC[C@H](COCCC)CC2)CC1. The van der Waals surface area contributed by atoms with Gasteiger partial charge in [-0.1, -0.05) is 19.9 Å². The maximum Gasteiger partial charge on any atom is 0.0901 e. The molecule has 2 aliphatic carbocycles. The molecule has 2 fully saturated rings. The lowest BCUT2D eigenvalue weighted by Crippen LogP contribution is -2.28. The van der Waals surface area contributed by atoms with Crippen molar-refractivity contribution in [3.05, 3.63) is 12.3 Å². The molecule has 23 heavy (non-hydrogen) atoms. The highest BCUT2D eigenvalue weighted by atomic mass is 16.5. The molecule has 0 heterocycles. The number of ether oxygens (including phenoxy) is 2. The molecule has 0 atom stereocenters. The average molecular weight is 323 g/mol. The van der Waals surface area contributed by atoms with E-state index in [0.29, 0.717) is 0 Å². The molecule has 0 aromatic heterocycles. The Hall–Kier alpha value is -0.500. The second-order valence-electron chi connectivity index (χ2n) is 7.75. The zero-order valence-corrected chi connectivity index (χ0v) is 15.5. The van der Waals surface area contributed by atoms with Gasteiger partial charge < -0.3 is 9.47 Å². The van der Waals surface area contributed by atoms with Crippen molar-refractivity contribution in [1.82, 2.24) is 0 Å². The zero-order valence-electron chi connectivity index (χ0n) is 15.5. The first-order chi connectivity index (χ1) is 11.3. The molecule has 2 aliphatic rings. The van der Waals surface area contributed by atoms with Gasteiger partial charge in [-0.25, -0.2) is 0 Å². The fraction of sp³-hybridized carbons (Fsp3) is 0.905. The van der Waals surface area contributed by atoms with Crippen LogP contribution in [0, 0.1) is 23.7 Å². The topological polar surface area (TPSA) is 18.5 Å². The molecule has 2 saturated carbocycles. The van der Waals surface area contributed by atoms with E-state index in [9.17, 15) is 0 Å². The van der Waals surface area contributed by atoms with Crippen molar-refractivity contribution in [2.75, 3.05) is 19.8 Å². The van der Waals surface area contributed by atoms with E-state index in [1.54, 1.807) is 0 Å². The fourth-order valence-corrected chi connectivity index (χ4v) is 4.40. The number of hydrogen-bond acceptors (Lipinski definition) is 2. The van der Waals surface area contributed by atoms with Crippen molar-refractivity contribution in [2.24, 2.45) is 23.7 Å². The highest BCUT2D eigenvalue weighted by Crippen LogP contribution is 2.41. The summed E-state index contributed by atoms with van der Waals surface area (Å²) in [5, 5.41) is 0. The summed E-state index contributed by atoms with van der Waals surface area (Å²) >= 11 is 0. The zero-order chi connectivity index (χ0) is 16.3. The van der Waals surface area contributed by atoms with Crippen molar-refractivity contribution in [3.63, 3.8) is 0 Å². The molecule has 2 rings (SSSR count). The Morgan fingerprint density at radius 2 is 1.35 bits per heavy atom. The van der Waals surface area contributed by atoms with E-state index in [4.69, 9.17) is 9.47 Å². The third kappa shape index (κ3) is 6.87. The predicted molar refractivity (Wildman–Crippen MR) is 97.4 cm³/mol. The van der Waals surface area contributed by atoms with Gasteiger partial charge in [-0.3, -0.25) is 0 Å².